The van der Waals surface area contributed by atoms with Crippen molar-refractivity contribution in [3.05, 3.63) is 46.9 Å². The predicted octanol–water partition coefficient (Wildman–Crippen LogP) is 1.94. The highest BCUT2D eigenvalue weighted by atomic mass is 16.5. The van der Waals surface area contributed by atoms with E-state index in [9.17, 15) is 10.0 Å². The summed E-state index contributed by atoms with van der Waals surface area (Å²) in [6.07, 6.45) is 10.8. The van der Waals surface area contributed by atoms with E-state index in [-0.39, 0.29) is 5.91 Å². The third kappa shape index (κ3) is 3.58. The summed E-state index contributed by atoms with van der Waals surface area (Å²) in [6.45, 7) is 0.664. The molecule has 1 aliphatic rings. The summed E-state index contributed by atoms with van der Waals surface area (Å²) in [5, 5.41) is 13.7. The van der Waals surface area contributed by atoms with Crippen LogP contribution in [0.25, 0.3) is 0 Å². The highest BCUT2D eigenvalue weighted by molar-refractivity contribution is 5.93. The molecule has 1 aliphatic carbocycles. The van der Waals surface area contributed by atoms with Crippen molar-refractivity contribution in [2.75, 3.05) is 6.54 Å². The van der Waals surface area contributed by atoms with E-state index in [2.05, 4.69) is 11.4 Å². The molecular formula is C14H18N2O2. The van der Waals surface area contributed by atoms with Crippen LogP contribution in [0.5, 0.6) is 0 Å². The van der Waals surface area contributed by atoms with Gasteiger partial charge in [0.15, 0.2) is 12.4 Å². The van der Waals surface area contributed by atoms with Crippen LogP contribution in [0, 0.1) is 5.21 Å². The van der Waals surface area contributed by atoms with E-state index < -0.39 is 0 Å². The Balaban J connectivity index is 1.78. The van der Waals surface area contributed by atoms with Crippen molar-refractivity contribution in [2.24, 2.45) is 0 Å². The maximum absolute atomic E-state index is 11.8. The van der Waals surface area contributed by atoms with Crippen molar-refractivity contribution in [3.63, 3.8) is 0 Å². The second-order valence-corrected chi connectivity index (χ2v) is 4.56. The van der Waals surface area contributed by atoms with Crippen LogP contribution in [-0.2, 0) is 0 Å². The van der Waals surface area contributed by atoms with Crippen molar-refractivity contribution in [2.45, 2.75) is 32.1 Å². The Kier molecular flexibility index (Phi) is 4.34. The van der Waals surface area contributed by atoms with Crippen molar-refractivity contribution >= 4 is 5.91 Å². The Labute approximate surface area is 107 Å². The summed E-state index contributed by atoms with van der Waals surface area (Å²) in [4.78, 5) is 11.8. The third-order valence-corrected chi connectivity index (χ3v) is 3.18. The molecule has 0 aliphatic heterocycles. The normalized spacial score (nSPS) is 15.0. The molecule has 1 aromatic heterocycles. The molecule has 0 atom stereocenters. The Bertz CT molecular complexity index is 438. The van der Waals surface area contributed by atoms with Crippen LogP contribution in [0.2, 0.25) is 0 Å². The summed E-state index contributed by atoms with van der Waals surface area (Å²) >= 11 is 0. The van der Waals surface area contributed by atoms with Crippen molar-refractivity contribution in [1.82, 2.24) is 5.32 Å². The molecule has 0 fully saturated rings. The summed E-state index contributed by atoms with van der Waals surface area (Å²) < 4.78 is 0.670. The molecule has 1 N–H and O–H groups in total. The lowest BCUT2D eigenvalue weighted by Gasteiger charge is -2.12. The molecule has 4 nitrogen and oxygen atoms in total. The SMILES string of the molecule is O=C(NCCC1=CCCCC1)c1cc[n+]([O-])cc1. The van der Waals surface area contributed by atoms with Gasteiger partial charge in [0.2, 0.25) is 0 Å². The van der Waals surface area contributed by atoms with Gasteiger partial charge in [-0.05, 0) is 32.1 Å². The van der Waals surface area contributed by atoms with Crippen molar-refractivity contribution in [1.29, 1.82) is 0 Å². The van der Waals surface area contributed by atoms with Crippen LogP contribution >= 0.6 is 0 Å². The Morgan fingerprint density at radius 3 is 2.78 bits per heavy atom. The first-order valence-electron chi connectivity index (χ1n) is 6.40. The molecule has 0 saturated heterocycles. The van der Waals surface area contributed by atoms with E-state index in [1.165, 1.54) is 49.4 Å². The number of hydrogen-bond donors (Lipinski definition) is 1. The second kappa shape index (κ2) is 6.19. The number of pyridine rings is 1. The van der Waals surface area contributed by atoms with Crippen molar-refractivity contribution in [3.8, 4) is 0 Å². The molecule has 0 spiro atoms. The van der Waals surface area contributed by atoms with Crippen LogP contribution < -0.4 is 10.0 Å². The fraction of sp³-hybridized carbons (Fsp3) is 0.429. The van der Waals surface area contributed by atoms with Crippen LogP contribution in [0.1, 0.15) is 42.5 Å². The maximum Gasteiger partial charge on any atom is 0.251 e. The quantitative estimate of drug-likeness (QED) is 0.501. The molecule has 0 saturated carbocycles. The lowest BCUT2D eigenvalue weighted by atomic mass is 9.97. The highest BCUT2D eigenvalue weighted by Gasteiger charge is 2.07. The first kappa shape index (κ1) is 12.6. The average molecular weight is 246 g/mol. The topological polar surface area (TPSA) is 56.0 Å². The number of amides is 1. The summed E-state index contributed by atoms with van der Waals surface area (Å²) in [5.74, 6) is -0.119. The summed E-state index contributed by atoms with van der Waals surface area (Å²) in [5.41, 5.74) is 1.98. The van der Waals surface area contributed by atoms with Gasteiger partial charge in [-0.2, -0.15) is 4.73 Å². The monoisotopic (exact) mass is 246 g/mol. The fourth-order valence-electron chi connectivity index (χ4n) is 2.13. The second-order valence-electron chi connectivity index (χ2n) is 4.56. The minimum Gasteiger partial charge on any atom is -0.619 e. The van der Waals surface area contributed by atoms with E-state index in [0.29, 0.717) is 16.8 Å². The number of carbonyl (C=O) groups excluding carboxylic acids is 1. The molecule has 0 unspecified atom stereocenters. The zero-order chi connectivity index (χ0) is 12.8. The smallest absolute Gasteiger partial charge is 0.251 e. The van der Waals surface area contributed by atoms with Gasteiger partial charge < -0.3 is 10.5 Å². The minimum atomic E-state index is -0.119. The van der Waals surface area contributed by atoms with Gasteiger partial charge in [-0.15, -0.1) is 0 Å². The van der Waals surface area contributed by atoms with Crippen LogP contribution in [0.3, 0.4) is 0 Å². The van der Waals surface area contributed by atoms with E-state index in [1.807, 2.05) is 0 Å². The van der Waals surface area contributed by atoms with Gasteiger partial charge in [0.1, 0.15) is 0 Å². The summed E-state index contributed by atoms with van der Waals surface area (Å²) in [6, 6.07) is 3.06. The van der Waals surface area contributed by atoms with E-state index >= 15 is 0 Å². The van der Waals surface area contributed by atoms with Gasteiger partial charge in [0, 0.05) is 18.7 Å². The first-order chi connectivity index (χ1) is 8.75. The number of nitrogens with zero attached hydrogens (tertiary/aromatic N) is 1. The molecular weight excluding hydrogens is 228 g/mol. The van der Waals surface area contributed by atoms with Crippen LogP contribution in [-0.4, -0.2) is 12.5 Å². The van der Waals surface area contributed by atoms with Crippen molar-refractivity contribution < 1.29 is 9.52 Å². The number of nitrogens with one attached hydrogen (secondary N) is 1. The van der Waals surface area contributed by atoms with Gasteiger partial charge in [-0.3, -0.25) is 4.79 Å². The lowest BCUT2D eigenvalue weighted by Crippen LogP contribution is -2.28. The molecule has 1 aromatic rings. The molecule has 0 aromatic carbocycles. The lowest BCUT2D eigenvalue weighted by molar-refractivity contribution is -0.605. The van der Waals surface area contributed by atoms with Gasteiger partial charge in [0.05, 0.1) is 5.56 Å². The number of hydrogen-bond acceptors (Lipinski definition) is 2. The van der Waals surface area contributed by atoms with Crippen LogP contribution in [0.15, 0.2) is 36.2 Å². The van der Waals surface area contributed by atoms with Gasteiger partial charge >= 0.3 is 0 Å². The Hall–Kier alpha value is -1.84. The molecule has 4 heteroatoms. The fourth-order valence-corrected chi connectivity index (χ4v) is 2.13. The number of carbonyl (C=O) groups is 1. The Morgan fingerprint density at radius 1 is 1.33 bits per heavy atom. The third-order valence-electron chi connectivity index (χ3n) is 3.18. The van der Waals surface area contributed by atoms with E-state index in [1.54, 1.807) is 0 Å². The molecule has 2 rings (SSSR count). The number of aromatic nitrogens is 1. The highest BCUT2D eigenvalue weighted by Crippen LogP contribution is 2.19. The Morgan fingerprint density at radius 2 is 2.11 bits per heavy atom. The maximum atomic E-state index is 11.8. The zero-order valence-corrected chi connectivity index (χ0v) is 10.4. The average Bonchev–Trinajstić information content (AvgIpc) is 2.40. The molecule has 1 heterocycles. The molecule has 96 valence electrons. The minimum absolute atomic E-state index is 0.119. The van der Waals surface area contributed by atoms with Gasteiger partial charge in [-0.1, -0.05) is 11.6 Å². The zero-order valence-electron chi connectivity index (χ0n) is 10.4. The molecule has 18 heavy (non-hydrogen) atoms. The predicted molar refractivity (Wildman–Crippen MR) is 68.9 cm³/mol. The largest absolute Gasteiger partial charge is 0.619 e. The number of allylic oxidation sites excluding steroid dienone is 1. The molecule has 1 amide bonds. The first-order valence-corrected chi connectivity index (χ1v) is 6.40. The number of rotatable bonds is 4. The van der Waals surface area contributed by atoms with E-state index in [0.717, 1.165) is 12.8 Å². The van der Waals surface area contributed by atoms with E-state index in [4.69, 9.17) is 0 Å². The van der Waals surface area contributed by atoms with Gasteiger partial charge in [-0.25, -0.2) is 0 Å². The van der Waals surface area contributed by atoms with Gasteiger partial charge in [0.25, 0.3) is 5.91 Å². The molecule has 0 bridgehead atoms. The molecule has 0 radical (unpaired) electrons. The standard InChI is InChI=1S/C14H18N2O2/c17-14(13-7-10-16(18)11-8-13)15-9-6-12-4-2-1-3-5-12/h4,7-8,10-11H,1-3,5-6,9H2,(H,15,17). The summed E-state index contributed by atoms with van der Waals surface area (Å²) in [7, 11) is 0. The van der Waals surface area contributed by atoms with Crippen LogP contribution in [0.4, 0.5) is 0 Å².